The van der Waals surface area contributed by atoms with E-state index >= 15 is 0 Å². The van der Waals surface area contributed by atoms with E-state index < -0.39 is 5.54 Å². The van der Waals surface area contributed by atoms with E-state index in [0.717, 1.165) is 26.1 Å². The summed E-state index contributed by atoms with van der Waals surface area (Å²) in [7, 11) is 6.21. The number of rotatable bonds is 9. The number of nitrogens with two attached hydrogens (primary N) is 1. The second-order valence-electron chi connectivity index (χ2n) is 5.35. The van der Waals surface area contributed by atoms with Gasteiger partial charge in [0.15, 0.2) is 0 Å². The average molecular weight is 259 g/mol. The van der Waals surface area contributed by atoms with Crippen molar-refractivity contribution < 1.29 is 9.53 Å². The molecular formula is C13H29N3O2. The summed E-state index contributed by atoms with van der Waals surface area (Å²) in [5.41, 5.74) is 5.09. The molecule has 0 aliphatic rings. The van der Waals surface area contributed by atoms with Crippen LogP contribution in [0.2, 0.25) is 0 Å². The minimum Gasteiger partial charge on any atom is -0.465 e. The van der Waals surface area contributed by atoms with Gasteiger partial charge in [-0.1, -0.05) is 0 Å². The van der Waals surface area contributed by atoms with Gasteiger partial charge >= 0.3 is 5.97 Å². The van der Waals surface area contributed by atoms with Gasteiger partial charge in [0.2, 0.25) is 0 Å². The standard InChI is InChI=1S/C13H29N3O2/c1-6-18-12(17)13(2,14)8-7-9-16(5)11-10-15(3)4/h6-11,14H2,1-5H3. The highest BCUT2D eigenvalue weighted by Gasteiger charge is 2.29. The maximum absolute atomic E-state index is 11.6. The van der Waals surface area contributed by atoms with E-state index in [1.807, 2.05) is 0 Å². The first-order valence-electron chi connectivity index (χ1n) is 6.59. The zero-order valence-electron chi connectivity index (χ0n) is 12.5. The van der Waals surface area contributed by atoms with Crippen molar-refractivity contribution >= 4 is 5.97 Å². The Bertz CT molecular complexity index is 242. The quantitative estimate of drug-likeness (QED) is 0.613. The van der Waals surface area contributed by atoms with Crippen molar-refractivity contribution in [3.8, 4) is 0 Å². The number of ether oxygens (including phenoxy) is 1. The summed E-state index contributed by atoms with van der Waals surface area (Å²) in [6.07, 6.45) is 1.55. The molecule has 0 saturated carbocycles. The van der Waals surface area contributed by atoms with Crippen molar-refractivity contribution in [2.75, 3.05) is 47.4 Å². The molecule has 0 aromatic heterocycles. The number of hydrogen-bond donors (Lipinski definition) is 1. The topological polar surface area (TPSA) is 58.8 Å². The first-order chi connectivity index (χ1) is 8.29. The molecule has 1 atom stereocenters. The van der Waals surface area contributed by atoms with E-state index in [-0.39, 0.29) is 5.97 Å². The van der Waals surface area contributed by atoms with Crippen LogP contribution in [0.25, 0.3) is 0 Å². The lowest BCUT2D eigenvalue weighted by molar-refractivity contribution is -0.149. The van der Waals surface area contributed by atoms with Gasteiger partial charge in [-0.25, -0.2) is 0 Å². The Balaban J connectivity index is 3.84. The summed E-state index contributed by atoms with van der Waals surface area (Å²) >= 11 is 0. The molecule has 0 aliphatic carbocycles. The van der Waals surface area contributed by atoms with Gasteiger partial charge in [-0.05, 0) is 54.4 Å². The Labute approximate surface area is 111 Å². The lowest BCUT2D eigenvalue weighted by atomic mass is 9.97. The number of carbonyl (C=O) groups is 1. The second-order valence-corrected chi connectivity index (χ2v) is 5.35. The lowest BCUT2D eigenvalue weighted by Gasteiger charge is -2.24. The fraction of sp³-hybridized carbons (Fsp3) is 0.923. The molecule has 0 aromatic rings. The summed E-state index contributed by atoms with van der Waals surface area (Å²) in [6, 6.07) is 0. The number of esters is 1. The Morgan fingerprint density at radius 1 is 1.22 bits per heavy atom. The molecule has 0 aliphatic heterocycles. The number of hydrogen-bond acceptors (Lipinski definition) is 5. The molecule has 0 amide bonds. The van der Waals surface area contributed by atoms with Crippen LogP contribution < -0.4 is 5.73 Å². The molecule has 0 aromatic carbocycles. The number of nitrogens with zero attached hydrogens (tertiary/aromatic N) is 2. The smallest absolute Gasteiger partial charge is 0.325 e. The summed E-state index contributed by atoms with van der Waals surface area (Å²) in [5, 5.41) is 0. The van der Waals surface area contributed by atoms with Gasteiger partial charge in [0.1, 0.15) is 5.54 Å². The summed E-state index contributed by atoms with van der Waals surface area (Å²) in [6.45, 7) is 6.92. The third-order valence-electron chi connectivity index (χ3n) is 2.91. The highest BCUT2D eigenvalue weighted by atomic mass is 16.5. The predicted molar refractivity (Wildman–Crippen MR) is 74.5 cm³/mol. The zero-order valence-corrected chi connectivity index (χ0v) is 12.5. The molecule has 0 spiro atoms. The van der Waals surface area contributed by atoms with Crippen LogP contribution in [0.3, 0.4) is 0 Å². The first kappa shape index (κ1) is 17.4. The Morgan fingerprint density at radius 2 is 1.83 bits per heavy atom. The molecule has 0 bridgehead atoms. The second kappa shape index (κ2) is 8.45. The molecular weight excluding hydrogens is 230 g/mol. The van der Waals surface area contributed by atoms with Crippen molar-refractivity contribution in [2.24, 2.45) is 5.73 Å². The molecule has 5 heteroatoms. The Morgan fingerprint density at radius 3 is 2.33 bits per heavy atom. The summed E-state index contributed by atoms with van der Waals surface area (Å²) < 4.78 is 4.96. The van der Waals surface area contributed by atoms with Crippen LogP contribution in [0.5, 0.6) is 0 Å². The average Bonchev–Trinajstić information content (AvgIpc) is 2.26. The predicted octanol–water partition coefficient (Wildman–Crippen LogP) is 0.541. The van der Waals surface area contributed by atoms with Crippen LogP contribution in [-0.2, 0) is 9.53 Å². The molecule has 0 radical (unpaired) electrons. The van der Waals surface area contributed by atoms with Crippen LogP contribution >= 0.6 is 0 Å². The summed E-state index contributed by atoms with van der Waals surface area (Å²) in [5.74, 6) is -0.305. The van der Waals surface area contributed by atoms with Gasteiger partial charge in [0, 0.05) is 13.1 Å². The molecule has 18 heavy (non-hydrogen) atoms. The normalized spacial score (nSPS) is 14.9. The molecule has 0 fully saturated rings. The lowest BCUT2D eigenvalue weighted by Crippen LogP contribution is -2.46. The van der Waals surface area contributed by atoms with Gasteiger partial charge in [-0.15, -0.1) is 0 Å². The third kappa shape index (κ3) is 7.63. The van der Waals surface area contributed by atoms with E-state index in [9.17, 15) is 4.79 Å². The Hall–Kier alpha value is -0.650. The molecule has 5 nitrogen and oxygen atoms in total. The maximum atomic E-state index is 11.6. The van der Waals surface area contributed by atoms with Gasteiger partial charge in [0.25, 0.3) is 0 Å². The summed E-state index contributed by atoms with van der Waals surface area (Å²) in [4.78, 5) is 16.0. The van der Waals surface area contributed by atoms with Crippen LogP contribution in [0.1, 0.15) is 26.7 Å². The van der Waals surface area contributed by atoms with E-state index in [2.05, 4.69) is 30.9 Å². The maximum Gasteiger partial charge on any atom is 0.325 e. The van der Waals surface area contributed by atoms with Gasteiger partial charge in [-0.3, -0.25) is 4.79 Å². The number of carbonyl (C=O) groups excluding carboxylic acids is 1. The van der Waals surface area contributed by atoms with Crippen LogP contribution in [0.15, 0.2) is 0 Å². The van der Waals surface area contributed by atoms with E-state index in [4.69, 9.17) is 10.5 Å². The van der Waals surface area contributed by atoms with E-state index in [1.165, 1.54) is 0 Å². The fourth-order valence-electron chi connectivity index (χ4n) is 1.60. The third-order valence-corrected chi connectivity index (χ3v) is 2.91. The zero-order chi connectivity index (χ0) is 14.2. The van der Waals surface area contributed by atoms with Crippen LogP contribution in [0, 0.1) is 0 Å². The molecule has 0 rings (SSSR count). The highest BCUT2D eigenvalue weighted by Crippen LogP contribution is 2.11. The monoisotopic (exact) mass is 259 g/mol. The molecule has 2 N–H and O–H groups in total. The highest BCUT2D eigenvalue weighted by molar-refractivity contribution is 5.79. The van der Waals surface area contributed by atoms with Crippen molar-refractivity contribution in [3.05, 3.63) is 0 Å². The van der Waals surface area contributed by atoms with Gasteiger partial charge in [-0.2, -0.15) is 0 Å². The van der Waals surface area contributed by atoms with Crippen molar-refractivity contribution in [3.63, 3.8) is 0 Å². The number of likely N-dealkylation sites (N-methyl/N-ethyl adjacent to an activating group) is 2. The Kier molecular flexibility index (Phi) is 8.15. The minimum absolute atomic E-state index is 0.305. The van der Waals surface area contributed by atoms with Gasteiger partial charge < -0.3 is 20.3 Å². The largest absolute Gasteiger partial charge is 0.465 e. The van der Waals surface area contributed by atoms with E-state index in [0.29, 0.717) is 13.0 Å². The van der Waals surface area contributed by atoms with Crippen molar-refractivity contribution in [2.45, 2.75) is 32.2 Å². The van der Waals surface area contributed by atoms with E-state index in [1.54, 1.807) is 13.8 Å². The molecule has 0 saturated heterocycles. The van der Waals surface area contributed by atoms with Crippen LogP contribution in [0.4, 0.5) is 0 Å². The first-order valence-corrected chi connectivity index (χ1v) is 6.59. The van der Waals surface area contributed by atoms with Gasteiger partial charge in [0.05, 0.1) is 6.61 Å². The fourth-order valence-corrected chi connectivity index (χ4v) is 1.60. The molecule has 1 unspecified atom stereocenters. The SMILES string of the molecule is CCOC(=O)C(C)(N)CCCN(C)CCN(C)C. The van der Waals surface area contributed by atoms with Crippen molar-refractivity contribution in [1.82, 2.24) is 9.80 Å². The van der Waals surface area contributed by atoms with Crippen molar-refractivity contribution in [1.29, 1.82) is 0 Å². The molecule has 108 valence electrons. The minimum atomic E-state index is -0.863. The van der Waals surface area contributed by atoms with Crippen LogP contribution in [-0.4, -0.2) is 68.7 Å². The molecule has 0 heterocycles.